The quantitative estimate of drug-likeness (QED) is 0.820. The number of hydrogen-bond donors (Lipinski definition) is 1. The third-order valence-electron chi connectivity index (χ3n) is 3.45. The van der Waals surface area contributed by atoms with Crippen LogP contribution in [-0.4, -0.2) is 29.2 Å². The summed E-state index contributed by atoms with van der Waals surface area (Å²) < 4.78 is 54.7. The second-order valence-electron chi connectivity index (χ2n) is 4.85. The average molecular weight is 354 g/mol. The first-order valence-electron chi connectivity index (χ1n) is 6.38. The van der Waals surface area contributed by atoms with Crippen LogP contribution in [0.4, 0.5) is 5.69 Å². The van der Waals surface area contributed by atoms with Crippen LogP contribution in [0, 0.1) is 0 Å². The molecular formula is C12H16ClNO5S2. The topological polar surface area (TPSA) is 89.5 Å². The third kappa shape index (κ3) is 3.81. The molecule has 118 valence electrons. The van der Waals surface area contributed by atoms with Gasteiger partial charge in [-0.25, -0.2) is 16.8 Å². The zero-order chi connectivity index (χ0) is 15.7. The molecule has 1 N–H and O–H groups in total. The Bertz CT molecular complexity index is 724. The van der Waals surface area contributed by atoms with Gasteiger partial charge in [-0.2, -0.15) is 0 Å². The maximum Gasteiger partial charge on any atom is 0.261 e. The van der Waals surface area contributed by atoms with Gasteiger partial charge >= 0.3 is 0 Å². The van der Waals surface area contributed by atoms with E-state index in [-0.39, 0.29) is 16.3 Å². The van der Waals surface area contributed by atoms with Crippen LogP contribution in [0.25, 0.3) is 0 Å². The van der Waals surface area contributed by atoms with Crippen LogP contribution in [0.1, 0.15) is 25.7 Å². The lowest BCUT2D eigenvalue weighted by Crippen LogP contribution is -2.25. The highest BCUT2D eigenvalue weighted by molar-refractivity contribution is 8.13. The van der Waals surface area contributed by atoms with E-state index >= 15 is 0 Å². The van der Waals surface area contributed by atoms with E-state index in [0.717, 1.165) is 18.9 Å². The van der Waals surface area contributed by atoms with E-state index in [1.807, 2.05) is 0 Å². The number of sulfonamides is 1. The zero-order valence-corrected chi connectivity index (χ0v) is 13.8. The SMILES string of the molecule is COc1ccc(S(=O)(=O)Cl)cc1NS(=O)(=O)C1CCCC1. The minimum atomic E-state index is -3.94. The molecule has 21 heavy (non-hydrogen) atoms. The third-order valence-corrected chi connectivity index (χ3v) is 6.65. The molecular weight excluding hydrogens is 338 g/mol. The van der Waals surface area contributed by atoms with Gasteiger partial charge < -0.3 is 4.74 Å². The van der Waals surface area contributed by atoms with Gasteiger partial charge in [0.05, 0.1) is 22.9 Å². The molecule has 0 aromatic heterocycles. The Morgan fingerprint density at radius 1 is 1.19 bits per heavy atom. The number of benzene rings is 1. The summed E-state index contributed by atoms with van der Waals surface area (Å²) in [6.45, 7) is 0. The Labute approximate surface area is 128 Å². The molecule has 0 amide bonds. The molecule has 0 bridgehead atoms. The van der Waals surface area contributed by atoms with Gasteiger partial charge in [0.15, 0.2) is 0 Å². The minimum Gasteiger partial charge on any atom is -0.495 e. The van der Waals surface area contributed by atoms with Crippen molar-refractivity contribution < 1.29 is 21.6 Å². The maximum atomic E-state index is 12.3. The Morgan fingerprint density at radius 2 is 1.81 bits per heavy atom. The first-order valence-corrected chi connectivity index (χ1v) is 10.2. The van der Waals surface area contributed by atoms with Crippen LogP contribution in [0.5, 0.6) is 5.75 Å². The van der Waals surface area contributed by atoms with Gasteiger partial charge in [0.2, 0.25) is 10.0 Å². The maximum absolute atomic E-state index is 12.3. The van der Waals surface area contributed by atoms with Crippen LogP contribution in [0.3, 0.4) is 0 Å². The summed E-state index contributed by atoms with van der Waals surface area (Å²) in [6.07, 6.45) is 2.95. The molecule has 0 heterocycles. The molecule has 0 radical (unpaired) electrons. The summed E-state index contributed by atoms with van der Waals surface area (Å²) >= 11 is 0. The van der Waals surface area contributed by atoms with Gasteiger partial charge in [-0.1, -0.05) is 12.8 Å². The lowest BCUT2D eigenvalue weighted by Gasteiger charge is -2.16. The average Bonchev–Trinajstić information content (AvgIpc) is 2.91. The van der Waals surface area contributed by atoms with Gasteiger partial charge in [0, 0.05) is 10.7 Å². The number of hydrogen-bond acceptors (Lipinski definition) is 5. The highest BCUT2D eigenvalue weighted by Crippen LogP contribution is 2.32. The van der Waals surface area contributed by atoms with E-state index in [2.05, 4.69) is 4.72 Å². The smallest absolute Gasteiger partial charge is 0.261 e. The highest BCUT2D eigenvalue weighted by Gasteiger charge is 2.29. The van der Waals surface area contributed by atoms with E-state index in [1.165, 1.54) is 19.2 Å². The normalized spacial score (nSPS) is 16.9. The van der Waals surface area contributed by atoms with Crippen LogP contribution in [0.15, 0.2) is 23.1 Å². The van der Waals surface area contributed by atoms with Gasteiger partial charge in [-0.3, -0.25) is 4.72 Å². The lowest BCUT2D eigenvalue weighted by atomic mass is 10.3. The van der Waals surface area contributed by atoms with Gasteiger partial charge in [0.25, 0.3) is 9.05 Å². The van der Waals surface area contributed by atoms with Crippen LogP contribution < -0.4 is 9.46 Å². The summed E-state index contributed by atoms with van der Waals surface area (Å²) in [4.78, 5) is -0.186. The minimum absolute atomic E-state index is 0.0751. The number of rotatable bonds is 5. The summed E-state index contributed by atoms with van der Waals surface area (Å²) in [5.74, 6) is 0.237. The van der Waals surface area contributed by atoms with E-state index < -0.39 is 24.3 Å². The van der Waals surface area contributed by atoms with Crippen molar-refractivity contribution in [3.8, 4) is 5.75 Å². The summed E-state index contributed by atoms with van der Waals surface area (Å²) in [5.41, 5.74) is 0.0751. The molecule has 1 aliphatic carbocycles. The molecule has 1 aromatic rings. The van der Waals surface area contributed by atoms with E-state index in [1.54, 1.807) is 0 Å². The molecule has 0 spiro atoms. The fourth-order valence-electron chi connectivity index (χ4n) is 2.35. The van der Waals surface area contributed by atoms with Crippen molar-refractivity contribution in [2.75, 3.05) is 11.8 Å². The molecule has 1 aliphatic rings. The Balaban J connectivity index is 2.38. The molecule has 9 heteroatoms. The monoisotopic (exact) mass is 353 g/mol. The number of nitrogens with one attached hydrogen (secondary N) is 1. The molecule has 0 aliphatic heterocycles. The number of ether oxygens (including phenoxy) is 1. The van der Waals surface area contributed by atoms with Crippen LogP contribution in [0.2, 0.25) is 0 Å². The van der Waals surface area contributed by atoms with Crippen molar-refractivity contribution in [2.24, 2.45) is 0 Å². The fraction of sp³-hybridized carbons (Fsp3) is 0.500. The molecule has 2 rings (SSSR count). The molecule has 0 unspecified atom stereocenters. The molecule has 0 saturated heterocycles. The Kier molecular flexibility index (Phi) is 4.69. The van der Waals surface area contributed by atoms with Crippen molar-refractivity contribution >= 4 is 35.4 Å². The molecule has 0 atom stereocenters. The predicted molar refractivity (Wildman–Crippen MR) is 80.8 cm³/mol. The fourth-order valence-corrected chi connectivity index (χ4v) is 4.72. The first-order chi connectivity index (χ1) is 9.74. The number of methoxy groups -OCH3 is 1. The van der Waals surface area contributed by atoms with Crippen molar-refractivity contribution in [1.29, 1.82) is 0 Å². The first kappa shape index (κ1) is 16.4. The second-order valence-corrected chi connectivity index (χ2v) is 9.38. The second kappa shape index (κ2) is 6.02. The van der Waals surface area contributed by atoms with E-state index in [0.29, 0.717) is 12.8 Å². The van der Waals surface area contributed by atoms with Crippen molar-refractivity contribution in [1.82, 2.24) is 0 Å². The van der Waals surface area contributed by atoms with E-state index in [9.17, 15) is 16.8 Å². The van der Waals surface area contributed by atoms with Crippen molar-refractivity contribution in [3.63, 3.8) is 0 Å². The number of anilines is 1. The Morgan fingerprint density at radius 3 is 2.33 bits per heavy atom. The molecule has 6 nitrogen and oxygen atoms in total. The van der Waals surface area contributed by atoms with Crippen molar-refractivity contribution in [3.05, 3.63) is 18.2 Å². The summed E-state index contributed by atoms with van der Waals surface area (Å²) in [5, 5.41) is -0.460. The highest BCUT2D eigenvalue weighted by atomic mass is 35.7. The van der Waals surface area contributed by atoms with Crippen LogP contribution >= 0.6 is 10.7 Å². The standard InChI is InChI=1S/C12H16ClNO5S2/c1-19-12-7-6-10(20(13,15)16)8-11(12)14-21(17,18)9-4-2-3-5-9/h6-9,14H,2-5H2,1H3. The van der Waals surface area contributed by atoms with Gasteiger partial charge in [-0.05, 0) is 31.0 Å². The van der Waals surface area contributed by atoms with Crippen molar-refractivity contribution in [2.45, 2.75) is 35.8 Å². The summed E-state index contributed by atoms with van der Waals surface area (Å²) in [7, 11) is -0.868. The predicted octanol–water partition coefficient (Wildman–Crippen LogP) is 2.31. The van der Waals surface area contributed by atoms with E-state index in [4.69, 9.17) is 15.4 Å². The molecule has 1 saturated carbocycles. The molecule has 1 aromatic carbocycles. The molecule has 1 fully saturated rings. The summed E-state index contributed by atoms with van der Waals surface area (Å²) in [6, 6.07) is 3.78. The number of halogens is 1. The largest absolute Gasteiger partial charge is 0.495 e. The Hall–Kier alpha value is -0.990. The zero-order valence-electron chi connectivity index (χ0n) is 11.4. The van der Waals surface area contributed by atoms with Gasteiger partial charge in [0.1, 0.15) is 5.75 Å². The lowest BCUT2D eigenvalue weighted by molar-refractivity contribution is 0.416. The van der Waals surface area contributed by atoms with Crippen LogP contribution in [-0.2, 0) is 19.1 Å². The van der Waals surface area contributed by atoms with Gasteiger partial charge in [-0.15, -0.1) is 0 Å².